The van der Waals surface area contributed by atoms with Crippen LogP contribution < -0.4 is 11.2 Å². The summed E-state index contributed by atoms with van der Waals surface area (Å²) in [5, 5.41) is 5.32. The van der Waals surface area contributed by atoms with Gasteiger partial charge in [0.25, 0.3) is 5.56 Å². The lowest BCUT2D eigenvalue weighted by molar-refractivity contribution is 0.546. The highest BCUT2D eigenvalue weighted by atomic mass is 79.9. The van der Waals surface area contributed by atoms with Crippen molar-refractivity contribution in [1.82, 2.24) is 33.4 Å². The van der Waals surface area contributed by atoms with Crippen LogP contribution in [0.15, 0.2) is 32.8 Å². The first kappa shape index (κ1) is 17.7. The van der Waals surface area contributed by atoms with E-state index in [0.29, 0.717) is 16.9 Å². The second-order valence-corrected chi connectivity index (χ2v) is 7.49. The van der Waals surface area contributed by atoms with E-state index >= 15 is 0 Å². The maximum atomic E-state index is 12.4. The van der Waals surface area contributed by atoms with E-state index in [2.05, 4.69) is 44.8 Å². The molecular weight excluding hydrogens is 414 g/mol. The Morgan fingerprint density at radius 2 is 1.89 bits per heavy atom. The first-order valence-corrected chi connectivity index (χ1v) is 9.22. The van der Waals surface area contributed by atoms with Crippen molar-refractivity contribution in [1.29, 1.82) is 0 Å². The SMILES string of the molecule is CC(C)n1ncc2cc(Cn3c(Br)nc4c(=O)n(C)c(=O)n(C)c43)cnc21. The Kier molecular flexibility index (Phi) is 4.02. The number of rotatable bonds is 3. The van der Waals surface area contributed by atoms with E-state index in [0.717, 1.165) is 21.2 Å². The Morgan fingerprint density at radius 1 is 1.15 bits per heavy atom. The fourth-order valence-electron chi connectivity index (χ4n) is 3.24. The van der Waals surface area contributed by atoms with Crippen LogP contribution in [-0.4, -0.2) is 33.4 Å². The van der Waals surface area contributed by atoms with E-state index in [1.807, 2.05) is 10.7 Å². The van der Waals surface area contributed by atoms with Gasteiger partial charge >= 0.3 is 5.69 Å². The lowest BCUT2D eigenvalue weighted by atomic mass is 10.2. The molecule has 0 radical (unpaired) electrons. The predicted molar refractivity (Wildman–Crippen MR) is 105 cm³/mol. The van der Waals surface area contributed by atoms with Crippen molar-refractivity contribution in [3.63, 3.8) is 0 Å². The molecule has 0 aliphatic carbocycles. The van der Waals surface area contributed by atoms with E-state index in [-0.39, 0.29) is 11.6 Å². The lowest BCUT2D eigenvalue weighted by Crippen LogP contribution is -2.37. The molecule has 0 spiro atoms. The third-order valence-electron chi connectivity index (χ3n) is 4.61. The number of fused-ring (bicyclic) bond motifs is 2. The van der Waals surface area contributed by atoms with Gasteiger partial charge in [-0.1, -0.05) is 0 Å². The number of nitrogens with zero attached hydrogens (tertiary/aromatic N) is 7. The summed E-state index contributed by atoms with van der Waals surface area (Å²) in [6.07, 6.45) is 3.57. The fourth-order valence-corrected chi connectivity index (χ4v) is 3.71. The highest BCUT2D eigenvalue weighted by molar-refractivity contribution is 9.10. The van der Waals surface area contributed by atoms with Crippen molar-refractivity contribution in [3.8, 4) is 0 Å². The van der Waals surface area contributed by atoms with E-state index in [4.69, 9.17) is 0 Å². The summed E-state index contributed by atoms with van der Waals surface area (Å²) >= 11 is 3.41. The first-order chi connectivity index (χ1) is 12.8. The molecule has 0 unspecified atom stereocenters. The van der Waals surface area contributed by atoms with Crippen LogP contribution in [0.5, 0.6) is 0 Å². The number of aryl methyl sites for hydroxylation is 1. The molecule has 4 aromatic heterocycles. The number of pyridine rings is 1. The van der Waals surface area contributed by atoms with Crippen molar-refractivity contribution >= 4 is 38.1 Å². The van der Waals surface area contributed by atoms with Crippen molar-refractivity contribution in [2.24, 2.45) is 14.1 Å². The van der Waals surface area contributed by atoms with E-state index in [1.165, 1.54) is 11.6 Å². The average molecular weight is 432 g/mol. The van der Waals surface area contributed by atoms with Gasteiger partial charge in [-0.15, -0.1) is 0 Å². The molecule has 0 amide bonds. The second-order valence-electron chi connectivity index (χ2n) is 6.78. The molecule has 27 heavy (non-hydrogen) atoms. The minimum Gasteiger partial charge on any atom is -0.300 e. The van der Waals surface area contributed by atoms with Crippen LogP contribution in [-0.2, 0) is 20.6 Å². The normalized spacial score (nSPS) is 11.9. The Morgan fingerprint density at radius 3 is 2.59 bits per heavy atom. The van der Waals surface area contributed by atoms with E-state index in [1.54, 1.807) is 24.0 Å². The summed E-state index contributed by atoms with van der Waals surface area (Å²) in [5.74, 6) is 0. The van der Waals surface area contributed by atoms with Gasteiger partial charge in [0.05, 0.1) is 12.7 Å². The largest absolute Gasteiger partial charge is 0.332 e. The van der Waals surface area contributed by atoms with Gasteiger partial charge in [-0.3, -0.25) is 18.5 Å². The number of aromatic nitrogens is 7. The topological polar surface area (TPSA) is 92.5 Å². The number of halogens is 1. The zero-order valence-electron chi connectivity index (χ0n) is 15.3. The highest BCUT2D eigenvalue weighted by Gasteiger charge is 2.18. The quantitative estimate of drug-likeness (QED) is 0.459. The van der Waals surface area contributed by atoms with Crippen LogP contribution in [0.4, 0.5) is 0 Å². The highest BCUT2D eigenvalue weighted by Crippen LogP contribution is 2.21. The lowest BCUT2D eigenvalue weighted by Gasteiger charge is -2.10. The Labute approximate surface area is 162 Å². The molecule has 4 rings (SSSR count). The van der Waals surface area contributed by atoms with Crippen LogP contribution in [0.1, 0.15) is 25.5 Å². The van der Waals surface area contributed by atoms with Crippen LogP contribution in [0.2, 0.25) is 0 Å². The first-order valence-electron chi connectivity index (χ1n) is 8.43. The zero-order valence-corrected chi connectivity index (χ0v) is 16.9. The van der Waals surface area contributed by atoms with Crippen molar-refractivity contribution in [2.45, 2.75) is 26.4 Å². The van der Waals surface area contributed by atoms with Crippen LogP contribution in [0.25, 0.3) is 22.2 Å². The van der Waals surface area contributed by atoms with Gasteiger partial charge in [-0.05, 0) is 41.4 Å². The summed E-state index contributed by atoms with van der Waals surface area (Å²) in [5.41, 5.74) is 1.64. The molecule has 140 valence electrons. The minimum absolute atomic E-state index is 0.221. The summed E-state index contributed by atoms with van der Waals surface area (Å²) in [4.78, 5) is 33.5. The van der Waals surface area contributed by atoms with Gasteiger partial charge in [0.2, 0.25) is 0 Å². The molecule has 0 bridgehead atoms. The molecule has 0 N–H and O–H groups in total. The van der Waals surface area contributed by atoms with Crippen molar-refractivity contribution < 1.29 is 0 Å². The number of hydrogen-bond donors (Lipinski definition) is 0. The van der Waals surface area contributed by atoms with Crippen molar-refractivity contribution in [3.05, 3.63) is 49.6 Å². The summed E-state index contributed by atoms with van der Waals surface area (Å²) < 4.78 is 6.62. The Balaban J connectivity index is 1.87. The van der Waals surface area contributed by atoms with Gasteiger partial charge in [0.15, 0.2) is 21.5 Å². The minimum atomic E-state index is -0.417. The van der Waals surface area contributed by atoms with Crippen LogP contribution in [0.3, 0.4) is 0 Å². The molecule has 0 aromatic carbocycles. The summed E-state index contributed by atoms with van der Waals surface area (Å²) in [7, 11) is 3.07. The molecule has 0 fully saturated rings. The zero-order chi connectivity index (χ0) is 19.5. The van der Waals surface area contributed by atoms with Crippen molar-refractivity contribution in [2.75, 3.05) is 0 Å². The summed E-state index contributed by atoms with van der Waals surface area (Å²) in [6, 6.07) is 2.23. The fraction of sp³-hybridized carbons (Fsp3) is 0.353. The third-order valence-corrected chi connectivity index (χ3v) is 5.22. The van der Waals surface area contributed by atoms with E-state index in [9.17, 15) is 9.59 Å². The molecule has 4 heterocycles. The average Bonchev–Trinajstić information content (AvgIpc) is 3.20. The maximum absolute atomic E-state index is 12.4. The van der Waals surface area contributed by atoms with Crippen LogP contribution >= 0.6 is 15.9 Å². The van der Waals surface area contributed by atoms with Gasteiger partial charge in [0.1, 0.15) is 0 Å². The maximum Gasteiger partial charge on any atom is 0.332 e. The molecule has 0 aliphatic rings. The molecule has 0 aliphatic heterocycles. The standard InChI is InChI=1S/C17H18BrN7O2/c1-9(2)25-13-11(7-20-25)5-10(6-19-13)8-24-14-12(21-16(24)18)15(26)23(4)17(27)22(14)3/h5-7,9H,8H2,1-4H3. The molecule has 4 aromatic rings. The molecule has 0 saturated carbocycles. The van der Waals surface area contributed by atoms with E-state index < -0.39 is 11.2 Å². The summed E-state index contributed by atoms with van der Waals surface area (Å²) in [6.45, 7) is 4.52. The third kappa shape index (κ3) is 2.62. The monoisotopic (exact) mass is 431 g/mol. The number of imidazole rings is 1. The van der Waals surface area contributed by atoms with Gasteiger partial charge in [-0.2, -0.15) is 5.10 Å². The van der Waals surface area contributed by atoms with Gasteiger partial charge < -0.3 is 0 Å². The van der Waals surface area contributed by atoms with Gasteiger partial charge in [-0.25, -0.2) is 19.4 Å². The number of hydrogen-bond acceptors (Lipinski definition) is 5. The Hall–Kier alpha value is -2.75. The molecular formula is C17H18BrN7O2. The Bertz CT molecular complexity index is 1310. The van der Waals surface area contributed by atoms with Gasteiger partial charge in [0, 0.05) is 31.7 Å². The second kappa shape index (κ2) is 6.15. The molecule has 10 heteroatoms. The predicted octanol–water partition coefficient (Wildman–Crippen LogP) is 1.57. The molecule has 9 nitrogen and oxygen atoms in total. The molecule has 0 saturated heterocycles. The smallest absolute Gasteiger partial charge is 0.300 e. The molecule has 0 atom stereocenters. The van der Waals surface area contributed by atoms with Crippen LogP contribution in [0, 0.1) is 0 Å².